The van der Waals surface area contributed by atoms with Gasteiger partial charge in [0.25, 0.3) is 0 Å². The van der Waals surface area contributed by atoms with Crippen LogP contribution < -0.4 is 0 Å². The van der Waals surface area contributed by atoms with Gasteiger partial charge >= 0.3 is 11.9 Å². The molecule has 21 heavy (non-hydrogen) atoms. The highest BCUT2D eigenvalue weighted by atomic mass is 16.4. The Morgan fingerprint density at radius 3 is 2.24 bits per heavy atom. The summed E-state index contributed by atoms with van der Waals surface area (Å²) < 4.78 is 0. The molecule has 2 unspecified atom stereocenters. The summed E-state index contributed by atoms with van der Waals surface area (Å²) in [6.07, 6.45) is 12.5. The SMILES string of the molecule is O=C(O)C1=CC2CCC1C2.O=C(O)C[C@@H]1C[C@@H]2C=C[C@H]1C2. The van der Waals surface area contributed by atoms with Crippen LogP contribution in [0.3, 0.4) is 0 Å². The van der Waals surface area contributed by atoms with E-state index in [1.807, 2.05) is 6.08 Å². The van der Waals surface area contributed by atoms with E-state index in [-0.39, 0.29) is 0 Å². The van der Waals surface area contributed by atoms with Crippen LogP contribution in [0.2, 0.25) is 0 Å². The molecule has 4 aliphatic rings. The van der Waals surface area contributed by atoms with Crippen molar-refractivity contribution >= 4 is 11.9 Å². The molecule has 4 rings (SSSR count). The quantitative estimate of drug-likeness (QED) is 0.783. The van der Waals surface area contributed by atoms with Gasteiger partial charge < -0.3 is 10.2 Å². The van der Waals surface area contributed by atoms with Crippen molar-refractivity contribution in [1.82, 2.24) is 0 Å². The zero-order chi connectivity index (χ0) is 15.0. The van der Waals surface area contributed by atoms with E-state index in [1.54, 1.807) is 0 Å². The lowest BCUT2D eigenvalue weighted by Crippen LogP contribution is -2.11. The van der Waals surface area contributed by atoms with Gasteiger partial charge in [0.05, 0.1) is 0 Å². The minimum Gasteiger partial charge on any atom is -0.481 e. The zero-order valence-electron chi connectivity index (χ0n) is 12.1. The van der Waals surface area contributed by atoms with Crippen molar-refractivity contribution in [3.05, 3.63) is 23.8 Å². The van der Waals surface area contributed by atoms with Crippen molar-refractivity contribution in [2.45, 2.75) is 38.5 Å². The van der Waals surface area contributed by atoms with Crippen molar-refractivity contribution in [3.8, 4) is 0 Å². The number of rotatable bonds is 3. The Bertz CT molecular complexity index is 505. The first-order valence-corrected chi connectivity index (χ1v) is 7.88. The van der Waals surface area contributed by atoms with Gasteiger partial charge in [-0.1, -0.05) is 18.2 Å². The molecule has 0 heterocycles. The number of allylic oxidation sites excluding steroid dienone is 3. The third-order valence-electron chi connectivity index (χ3n) is 5.43. The van der Waals surface area contributed by atoms with Crippen LogP contribution in [0.1, 0.15) is 38.5 Å². The minimum atomic E-state index is -0.702. The number of carboxylic acid groups (broad SMARTS) is 2. The first-order valence-electron chi connectivity index (χ1n) is 7.88. The van der Waals surface area contributed by atoms with Crippen LogP contribution in [0.4, 0.5) is 0 Å². The van der Waals surface area contributed by atoms with E-state index in [4.69, 9.17) is 10.2 Å². The summed E-state index contributed by atoms with van der Waals surface area (Å²) in [5.74, 6) is 1.35. The molecule has 0 aromatic heterocycles. The van der Waals surface area contributed by atoms with Crippen LogP contribution in [0.15, 0.2) is 23.8 Å². The molecule has 0 spiro atoms. The fourth-order valence-electron chi connectivity index (χ4n) is 4.44. The third kappa shape index (κ3) is 3.04. The third-order valence-corrected chi connectivity index (χ3v) is 5.43. The van der Waals surface area contributed by atoms with E-state index >= 15 is 0 Å². The topological polar surface area (TPSA) is 74.6 Å². The van der Waals surface area contributed by atoms with E-state index in [9.17, 15) is 9.59 Å². The van der Waals surface area contributed by atoms with E-state index < -0.39 is 11.9 Å². The highest BCUT2D eigenvalue weighted by Crippen LogP contribution is 2.45. The smallest absolute Gasteiger partial charge is 0.331 e. The molecule has 4 nitrogen and oxygen atoms in total. The summed E-state index contributed by atoms with van der Waals surface area (Å²) in [4.78, 5) is 20.9. The number of hydrogen-bond acceptors (Lipinski definition) is 2. The number of fused-ring (bicyclic) bond motifs is 4. The molecule has 4 heteroatoms. The van der Waals surface area contributed by atoms with Gasteiger partial charge in [-0.25, -0.2) is 4.79 Å². The average molecular weight is 290 g/mol. The van der Waals surface area contributed by atoms with Crippen molar-refractivity contribution < 1.29 is 19.8 Å². The van der Waals surface area contributed by atoms with Crippen LogP contribution in [0.5, 0.6) is 0 Å². The lowest BCUT2D eigenvalue weighted by Gasteiger charge is -2.14. The molecule has 114 valence electrons. The van der Waals surface area contributed by atoms with Crippen molar-refractivity contribution in [2.75, 3.05) is 0 Å². The monoisotopic (exact) mass is 290 g/mol. The fourth-order valence-corrected chi connectivity index (χ4v) is 4.44. The van der Waals surface area contributed by atoms with Gasteiger partial charge in [0, 0.05) is 12.0 Å². The number of aliphatic carboxylic acids is 2. The molecular formula is C17H22O4. The van der Waals surface area contributed by atoms with Crippen LogP contribution in [-0.2, 0) is 9.59 Å². The molecular weight excluding hydrogens is 268 g/mol. The molecule has 4 bridgehead atoms. The molecule has 0 radical (unpaired) electrons. The Labute approximate surface area is 124 Å². The molecule has 2 fully saturated rings. The molecule has 5 atom stereocenters. The summed E-state index contributed by atoms with van der Waals surface area (Å²) >= 11 is 0. The fraction of sp³-hybridized carbons (Fsp3) is 0.647. The molecule has 0 amide bonds. The minimum absolute atomic E-state index is 0.367. The Morgan fingerprint density at radius 2 is 1.86 bits per heavy atom. The highest BCUT2D eigenvalue weighted by molar-refractivity contribution is 5.88. The average Bonchev–Trinajstić information content (AvgIpc) is 3.19. The summed E-state index contributed by atoms with van der Waals surface area (Å²) in [5.41, 5.74) is 0.677. The van der Waals surface area contributed by atoms with Gasteiger partial charge in [0.2, 0.25) is 0 Å². The first kappa shape index (κ1) is 14.4. The number of hydrogen-bond donors (Lipinski definition) is 2. The van der Waals surface area contributed by atoms with Gasteiger partial charge in [0.1, 0.15) is 0 Å². The predicted octanol–water partition coefficient (Wildman–Crippen LogP) is 3.10. The van der Waals surface area contributed by atoms with Gasteiger partial charge in [-0.2, -0.15) is 0 Å². The van der Waals surface area contributed by atoms with Gasteiger partial charge in [0.15, 0.2) is 0 Å². The molecule has 0 aliphatic heterocycles. The largest absolute Gasteiger partial charge is 0.481 e. The Balaban J connectivity index is 0.000000126. The van der Waals surface area contributed by atoms with E-state index in [0.717, 1.165) is 19.3 Å². The van der Waals surface area contributed by atoms with Gasteiger partial charge in [-0.15, -0.1) is 0 Å². The molecule has 0 saturated heterocycles. The van der Waals surface area contributed by atoms with Crippen molar-refractivity contribution in [3.63, 3.8) is 0 Å². The van der Waals surface area contributed by atoms with E-state index in [0.29, 0.717) is 41.6 Å². The molecule has 4 aliphatic carbocycles. The Morgan fingerprint density at radius 1 is 1.05 bits per heavy atom. The normalized spacial score (nSPS) is 38.1. The molecule has 0 aromatic carbocycles. The molecule has 2 N–H and O–H groups in total. The number of carboxylic acids is 2. The second-order valence-electron chi connectivity index (χ2n) is 6.84. The lowest BCUT2D eigenvalue weighted by atomic mass is 9.91. The molecule has 0 aromatic rings. The first-order chi connectivity index (χ1) is 10.0. The van der Waals surface area contributed by atoms with Gasteiger partial charge in [-0.05, 0) is 61.7 Å². The number of carbonyl (C=O) groups is 2. The van der Waals surface area contributed by atoms with Crippen LogP contribution in [0.25, 0.3) is 0 Å². The maximum atomic E-state index is 10.5. The van der Waals surface area contributed by atoms with Crippen LogP contribution >= 0.6 is 0 Å². The lowest BCUT2D eigenvalue weighted by molar-refractivity contribution is -0.138. The molecule has 2 saturated carbocycles. The summed E-state index contributed by atoms with van der Waals surface area (Å²) in [7, 11) is 0. The van der Waals surface area contributed by atoms with Crippen LogP contribution in [-0.4, -0.2) is 22.2 Å². The van der Waals surface area contributed by atoms with Crippen molar-refractivity contribution in [2.24, 2.45) is 29.6 Å². The Kier molecular flexibility index (Phi) is 3.87. The highest BCUT2D eigenvalue weighted by Gasteiger charge is 2.36. The summed E-state index contributed by atoms with van der Waals surface area (Å²) in [6.45, 7) is 0. The maximum Gasteiger partial charge on any atom is 0.331 e. The summed E-state index contributed by atoms with van der Waals surface area (Å²) in [5, 5.41) is 17.2. The second-order valence-corrected chi connectivity index (χ2v) is 6.84. The second kappa shape index (κ2) is 5.66. The van der Waals surface area contributed by atoms with Crippen molar-refractivity contribution in [1.29, 1.82) is 0 Å². The maximum absolute atomic E-state index is 10.5. The Hall–Kier alpha value is -1.58. The van der Waals surface area contributed by atoms with Crippen LogP contribution in [0, 0.1) is 29.6 Å². The van der Waals surface area contributed by atoms with E-state index in [1.165, 1.54) is 12.8 Å². The van der Waals surface area contributed by atoms with E-state index in [2.05, 4.69) is 12.2 Å². The predicted molar refractivity (Wildman–Crippen MR) is 77.6 cm³/mol. The van der Waals surface area contributed by atoms with Gasteiger partial charge in [-0.3, -0.25) is 4.79 Å². The standard InChI is InChI=1S/C9H12O2.C8H10O2/c10-9(11)5-8-4-6-1-2-7(8)3-6;9-8(10)7-4-5-1-2-6(7)3-5/h1-2,6-8H,3-5H2,(H,10,11);4-6H,1-3H2,(H,9,10)/t6-,7+,8+;/m1./s1. The summed E-state index contributed by atoms with van der Waals surface area (Å²) in [6, 6.07) is 0. The zero-order valence-corrected chi connectivity index (χ0v) is 12.1.